The molecule has 8 aliphatic carbocycles. The third-order valence-electron chi connectivity index (χ3n) is 14.9. The van der Waals surface area contributed by atoms with E-state index < -0.39 is 0 Å². The van der Waals surface area contributed by atoms with Gasteiger partial charge in [0.15, 0.2) is 6.79 Å². The minimum atomic E-state index is -0.389. The molecule has 232 valence electrons. The lowest BCUT2D eigenvalue weighted by Gasteiger charge is -2.63. The molecular formula is C35H56O6. The summed E-state index contributed by atoms with van der Waals surface area (Å²) in [6.45, 7) is 7.03. The Kier molecular flexibility index (Phi) is 7.60. The zero-order chi connectivity index (χ0) is 28.7. The first-order valence-corrected chi connectivity index (χ1v) is 17.4. The first-order valence-electron chi connectivity index (χ1n) is 17.4. The standard InChI is InChI=1S/C35H56O6/c1-19(4-7-31(39)40-18-41-33-22-11-20-10-21(13-22)14-23(33)12-20)26-5-6-27-32-28(17-30(38)35(26,27)3)34(2)9-8-25(36)15-24(34)16-29(32)37/h19-30,32-33,36-38H,4-18H2,1-3H3/t19?,20?,21?,22?,23?,24?,25-,26?,27?,28?,29?,30+,32?,33?,34+,35-/m1/s1. The molecule has 7 unspecified atom stereocenters. The lowest BCUT2D eigenvalue weighted by Crippen LogP contribution is -2.62. The molecule has 6 nitrogen and oxygen atoms in total. The molecular weight excluding hydrogens is 516 g/mol. The van der Waals surface area contributed by atoms with Crippen LogP contribution < -0.4 is 0 Å². The molecule has 0 spiro atoms. The molecule has 41 heavy (non-hydrogen) atoms. The summed E-state index contributed by atoms with van der Waals surface area (Å²) in [4.78, 5) is 12.8. The predicted octanol–water partition coefficient (Wildman–Crippen LogP) is 5.71. The Balaban J connectivity index is 0.938. The number of aliphatic hydroxyl groups is 3. The fraction of sp³-hybridized carbons (Fsp3) is 0.971. The summed E-state index contributed by atoms with van der Waals surface area (Å²) in [5.74, 6) is 4.84. The van der Waals surface area contributed by atoms with Crippen molar-refractivity contribution in [2.45, 2.75) is 135 Å². The van der Waals surface area contributed by atoms with Gasteiger partial charge in [-0.25, -0.2) is 0 Å². The minimum absolute atomic E-state index is 0.0949. The van der Waals surface area contributed by atoms with Gasteiger partial charge in [-0.3, -0.25) is 4.79 Å². The summed E-state index contributed by atoms with van der Waals surface area (Å²) in [5.41, 5.74) is -0.136. The van der Waals surface area contributed by atoms with E-state index in [2.05, 4.69) is 20.8 Å². The molecule has 8 fully saturated rings. The van der Waals surface area contributed by atoms with Crippen LogP contribution in [-0.4, -0.2) is 52.5 Å². The maximum atomic E-state index is 12.8. The molecule has 0 radical (unpaired) electrons. The van der Waals surface area contributed by atoms with Crippen LogP contribution in [-0.2, 0) is 14.3 Å². The Hall–Kier alpha value is -0.690. The third kappa shape index (κ3) is 4.75. The number of aliphatic hydroxyl groups excluding tert-OH is 3. The van der Waals surface area contributed by atoms with E-state index >= 15 is 0 Å². The van der Waals surface area contributed by atoms with Crippen molar-refractivity contribution in [2.75, 3.05) is 6.79 Å². The van der Waals surface area contributed by atoms with Crippen LogP contribution in [0.4, 0.5) is 0 Å². The van der Waals surface area contributed by atoms with Crippen molar-refractivity contribution in [2.24, 2.45) is 70.0 Å². The maximum absolute atomic E-state index is 12.8. The monoisotopic (exact) mass is 572 g/mol. The number of fused-ring (bicyclic) bond motifs is 5. The average molecular weight is 573 g/mol. The largest absolute Gasteiger partial charge is 0.438 e. The number of hydrogen-bond acceptors (Lipinski definition) is 6. The fourth-order valence-electron chi connectivity index (χ4n) is 13.1. The molecule has 11 atom stereocenters. The van der Waals surface area contributed by atoms with Gasteiger partial charge < -0.3 is 24.8 Å². The molecule has 0 aromatic carbocycles. The quantitative estimate of drug-likeness (QED) is 0.267. The number of rotatable bonds is 7. The molecule has 0 amide bonds. The summed E-state index contributed by atoms with van der Waals surface area (Å²) < 4.78 is 11.8. The van der Waals surface area contributed by atoms with Crippen molar-refractivity contribution in [1.82, 2.24) is 0 Å². The van der Waals surface area contributed by atoms with E-state index in [0.29, 0.717) is 47.8 Å². The van der Waals surface area contributed by atoms with Crippen LogP contribution in [0.1, 0.15) is 111 Å². The number of carbonyl (C=O) groups excluding carboxylic acids is 1. The number of esters is 1. The van der Waals surface area contributed by atoms with Crippen molar-refractivity contribution >= 4 is 5.97 Å². The molecule has 8 saturated carbocycles. The summed E-state index contributed by atoms with van der Waals surface area (Å²) >= 11 is 0. The summed E-state index contributed by atoms with van der Waals surface area (Å²) in [5, 5.41) is 33.7. The van der Waals surface area contributed by atoms with E-state index in [4.69, 9.17) is 9.47 Å². The van der Waals surface area contributed by atoms with Crippen molar-refractivity contribution in [1.29, 1.82) is 0 Å². The molecule has 0 saturated heterocycles. The highest BCUT2D eigenvalue weighted by Gasteiger charge is 2.65. The molecule has 0 aromatic heterocycles. The second-order valence-electron chi connectivity index (χ2n) is 16.7. The van der Waals surface area contributed by atoms with Gasteiger partial charge in [-0.15, -0.1) is 0 Å². The van der Waals surface area contributed by atoms with E-state index in [0.717, 1.165) is 63.2 Å². The Morgan fingerprint density at radius 1 is 0.878 bits per heavy atom. The second-order valence-corrected chi connectivity index (χ2v) is 16.7. The number of carbonyl (C=O) groups is 1. The molecule has 6 heteroatoms. The van der Waals surface area contributed by atoms with Crippen LogP contribution in [0.3, 0.4) is 0 Å². The molecule has 3 N–H and O–H groups in total. The van der Waals surface area contributed by atoms with E-state index in [1.165, 1.54) is 32.1 Å². The second kappa shape index (κ2) is 10.7. The number of ether oxygens (including phenoxy) is 2. The van der Waals surface area contributed by atoms with Gasteiger partial charge in [0.05, 0.1) is 24.4 Å². The van der Waals surface area contributed by atoms with Crippen molar-refractivity contribution in [3.8, 4) is 0 Å². The van der Waals surface area contributed by atoms with Gasteiger partial charge in [0.2, 0.25) is 0 Å². The summed E-state index contributed by atoms with van der Waals surface area (Å²) in [6.07, 6.45) is 13.4. The third-order valence-corrected chi connectivity index (χ3v) is 14.9. The van der Waals surface area contributed by atoms with Gasteiger partial charge in [-0.2, -0.15) is 0 Å². The van der Waals surface area contributed by atoms with Gasteiger partial charge in [-0.05, 0) is 153 Å². The lowest BCUT2D eigenvalue weighted by molar-refractivity contribution is -0.207. The first kappa shape index (κ1) is 29.0. The summed E-state index contributed by atoms with van der Waals surface area (Å²) in [6, 6.07) is 0. The molecule has 0 heterocycles. The van der Waals surface area contributed by atoms with Crippen LogP contribution in [0.15, 0.2) is 0 Å². The molecule has 4 bridgehead atoms. The van der Waals surface area contributed by atoms with E-state index in [-0.39, 0.29) is 53.9 Å². The van der Waals surface area contributed by atoms with Crippen LogP contribution in [0, 0.1) is 70.0 Å². The Morgan fingerprint density at radius 2 is 1.59 bits per heavy atom. The first-order chi connectivity index (χ1) is 19.6. The smallest absolute Gasteiger partial charge is 0.307 e. The highest BCUT2D eigenvalue weighted by atomic mass is 16.7. The lowest BCUT2D eigenvalue weighted by atomic mass is 9.43. The van der Waals surface area contributed by atoms with Crippen molar-refractivity contribution in [3.05, 3.63) is 0 Å². The van der Waals surface area contributed by atoms with E-state index in [1.807, 2.05) is 0 Å². The fourth-order valence-corrected chi connectivity index (χ4v) is 13.1. The number of hydrogen-bond donors (Lipinski definition) is 3. The zero-order valence-electron chi connectivity index (χ0n) is 25.8. The van der Waals surface area contributed by atoms with Crippen molar-refractivity contribution < 1.29 is 29.6 Å². The highest BCUT2D eigenvalue weighted by molar-refractivity contribution is 5.69. The Morgan fingerprint density at radius 3 is 2.29 bits per heavy atom. The minimum Gasteiger partial charge on any atom is -0.438 e. The molecule has 8 rings (SSSR count). The highest BCUT2D eigenvalue weighted by Crippen LogP contribution is 2.68. The molecule has 0 aliphatic heterocycles. The van der Waals surface area contributed by atoms with Gasteiger partial charge >= 0.3 is 5.97 Å². The Bertz CT molecular complexity index is 956. The van der Waals surface area contributed by atoms with Gasteiger partial charge in [0.1, 0.15) is 0 Å². The van der Waals surface area contributed by atoms with Crippen LogP contribution in [0.25, 0.3) is 0 Å². The van der Waals surface area contributed by atoms with Gasteiger partial charge in [0.25, 0.3) is 0 Å². The predicted molar refractivity (Wildman–Crippen MR) is 155 cm³/mol. The normalized spacial score (nSPS) is 54.2. The Labute approximate surface area is 247 Å². The maximum Gasteiger partial charge on any atom is 0.307 e. The van der Waals surface area contributed by atoms with Crippen LogP contribution >= 0.6 is 0 Å². The average Bonchev–Trinajstić information content (AvgIpc) is 3.28. The summed E-state index contributed by atoms with van der Waals surface area (Å²) in [7, 11) is 0. The van der Waals surface area contributed by atoms with E-state index in [9.17, 15) is 20.1 Å². The molecule has 0 aromatic rings. The van der Waals surface area contributed by atoms with Crippen LogP contribution in [0.2, 0.25) is 0 Å². The SMILES string of the molecule is CC(CCC(=O)OCOC1C2CC3CC(C2)CC1C3)C1CCC2C3C(O)CC4C[C@H](O)CC[C@]4(C)C3C[C@H](O)[C@]12C. The van der Waals surface area contributed by atoms with Gasteiger partial charge in [-0.1, -0.05) is 20.8 Å². The van der Waals surface area contributed by atoms with Crippen LogP contribution in [0.5, 0.6) is 0 Å². The van der Waals surface area contributed by atoms with Gasteiger partial charge in [0, 0.05) is 6.42 Å². The zero-order valence-corrected chi connectivity index (χ0v) is 25.8. The molecule has 8 aliphatic rings. The van der Waals surface area contributed by atoms with Crippen molar-refractivity contribution in [3.63, 3.8) is 0 Å². The van der Waals surface area contributed by atoms with E-state index in [1.54, 1.807) is 0 Å². The topological polar surface area (TPSA) is 96.2 Å².